The quantitative estimate of drug-likeness (QED) is 0.0212. The van der Waals surface area contributed by atoms with Gasteiger partial charge >= 0.3 is 17.9 Å². The van der Waals surface area contributed by atoms with Crippen LogP contribution in [0.15, 0.2) is 97.2 Å². The molecule has 358 valence electrons. The minimum atomic E-state index is -1.51. The number of carboxylic acids is 1. The van der Waals surface area contributed by atoms with Crippen LogP contribution in [0.5, 0.6) is 0 Å². The first-order chi connectivity index (χ1) is 30.6. The van der Waals surface area contributed by atoms with Crippen molar-refractivity contribution < 1.29 is 42.9 Å². The number of nitrogens with zero attached hydrogens (tertiary/aromatic N) is 1. The zero-order chi connectivity index (χ0) is 46.3. The average molecular weight is 881 g/mol. The van der Waals surface area contributed by atoms with Gasteiger partial charge in [0.2, 0.25) is 0 Å². The van der Waals surface area contributed by atoms with E-state index in [-0.39, 0.29) is 32.2 Å². The van der Waals surface area contributed by atoms with Crippen molar-refractivity contribution in [2.24, 2.45) is 0 Å². The predicted octanol–water partition coefficient (Wildman–Crippen LogP) is 13.4. The van der Waals surface area contributed by atoms with Crippen LogP contribution < -0.4 is 0 Å². The predicted molar refractivity (Wildman–Crippen MR) is 262 cm³/mol. The lowest BCUT2D eigenvalue weighted by atomic mass is 10.1. The van der Waals surface area contributed by atoms with Crippen molar-refractivity contribution in [2.45, 2.75) is 180 Å². The summed E-state index contributed by atoms with van der Waals surface area (Å²) in [6.45, 7) is 4.62. The van der Waals surface area contributed by atoms with Crippen LogP contribution in [0.2, 0.25) is 0 Å². The van der Waals surface area contributed by atoms with Gasteiger partial charge in [0.1, 0.15) is 13.2 Å². The molecule has 0 aromatic heterocycles. The molecule has 9 nitrogen and oxygen atoms in total. The molecule has 2 unspecified atom stereocenters. The third-order valence-electron chi connectivity index (χ3n) is 9.86. The maximum Gasteiger partial charge on any atom is 0.361 e. The third kappa shape index (κ3) is 46.0. The van der Waals surface area contributed by atoms with E-state index >= 15 is 0 Å². The molecule has 0 radical (unpaired) electrons. The summed E-state index contributed by atoms with van der Waals surface area (Å²) in [6.07, 6.45) is 56.7. The Morgan fingerprint density at radius 3 is 1.35 bits per heavy atom. The van der Waals surface area contributed by atoms with Crippen LogP contribution in [-0.2, 0) is 33.3 Å². The molecule has 0 aliphatic heterocycles. The van der Waals surface area contributed by atoms with Crippen molar-refractivity contribution in [3.63, 3.8) is 0 Å². The molecule has 0 saturated heterocycles. The summed E-state index contributed by atoms with van der Waals surface area (Å²) < 4.78 is 22.6. The van der Waals surface area contributed by atoms with Gasteiger partial charge in [-0.1, -0.05) is 175 Å². The van der Waals surface area contributed by atoms with Crippen molar-refractivity contribution in [1.82, 2.24) is 0 Å². The molecule has 1 N–H and O–H groups in total. The second-order valence-electron chi connectivity index (χ2n) is 17.0. The number of carbonyl (C=O) groups is 3. The van der Waals surface area contributed by atoms with Crippen LogP contribution in [0.3, 0.4) is 0 Å². The number of ether oxygens (including phenoxy) is 4. The molecule has 0 amide bonds. The van der Waals surface area contributed by atoms with Crippen LogP contribution in [0.1, 0.15) is 168 Å². The van der Waals surface area contributed by atoms with E-state index in [2.05, 4.69) is 111 Å². The van der Waals surface area contributed by atoms with E-state index in [1.54, 1.807) is 0 Å². The van der Waals surface area contributed by atoms with Crippen LogP contribution in [-0.4, -0.2) is 87.4 Å². The van der Waals surface area contributed by atoms with Gasteiger partial charge in [-0.05, 0) is 77.0 Å². The SMILES string of the molecule is CC/C=C\C/C=C\C/C=C\C/C=C\C/C=C\C/C=C\C/C=C\C/C=C\CCCCCCCCCCC(=O)OC(COC(=O)CCCCCCC)COC(OCC[N+](C)(C)C)C(=O)O. The fourth-order valence-electron chi connectivity index (χ4n) is 6.08. The summed E-state index contributed by atoms with van der Waals surface area (Å²) in [6, 6.07) is 0. The van der Waals surface area contributed by atoms with E-state index in [4.69, 9.17) is 18.9 Å². The molecule has 0 saturated carbocycles. The Morgan fingerprint density at radius 1 is 0.492 bits per heavy atom. The number of likely N-dealkylation sites (N-methyl/N-ethyl adjacent to an activating group) is 1. The molecule has 9 heteroatoms. The van der Waals surface area contributed by atoms with E-state index in [9.17, 15) is 19.5 Å². The Hall–Kier alpha value is -3.79. The number of carboxylic acid groups (broad SMARTS) is 1. The van der Waals surface area contributed by atoms with Gasteiger partial charge in [-0.25, -0.2) is 4.79 Å². The Kier molecular flexibility index (Phi) is 42.1. The van der Waals surface area contributed by atoms with Crippen LogP contribution in [0, 0.1) is 0 Å². The number of carbonyl (C=O) groups excluding carboxylic acids is 2. The summed E-state index contributed by atoms with van der Waals surface area (Å²) in [5.74, 6) is -2.05. The minimum absolute atomic E-state index is 0.182. The normalized spacial score (nSPS) is 13.7. The number of unbranched alkanes of at least 4 members (excludes halogenated alkanes) is 12. The third-order valence-corrected chi connectivity index (χ3v) is 9.86. The van der Waals surface area contributed by atoms with Crippen molar-refractivity contribution >= 4 is 17.9 Å². The highest BCUT2D eigenvalue weighted by molar-refractivity contribution is 5.71. The van der Waals surface area contributed by atoms with Crippen molar-refractivity contribution in [3.8, 4) is 0 Å². The first-order valence-corrected chi connectivity index (χ1v) is 24.4. The van der Waals surface area contributed by atoms with Crippen LogP contribution in [0.25, 0.3) is 0 Å². The zero-order valence-electron chi connectivity index (χ0n) is 40.4. The van der Waals surface area contributed by atoms with Gasteiger partial charge < -0.3 is 28.5 Å². The smallest absolute Gasteiger partial charge is 0.361 e. The van der Waals surface area contributed by atoms with Gasteiger partial charge in [-0.3, -0.25) is 9.59 Å². The van der Waals surface area contributed by atoms with E-state index in [0.29, 0.717) is 23.9 Å². The molecule has 0 heterocycles. The van der Waals surface area contributed by atoms with Crippen molar-refractivity contribution in [1.29, 1.82) is 0 Å². The average Bonchev–Trinajstić information content (AvgIpc) is 3.24. The molecule has 0 aliphatic rings. The van der Waals surface area contributed by atoms with Gasteiger partial charge in [0.05, 0.1) is 34.4 Å². The van der Waals surface area contributed by atoms with Gasteiger partial charge in [0, 0.05) is 12.8 Å². The lowest BCUT2D eigenvalue weighted by Gasteiger charge is -2.25. The molecule has 0 rings (SSSR count). The number of hydrogen-bond donors (Lipinski definition) is 1. The number of quaternary nitrogens is 1. The topological polar surface area (TPSA) is 108 Å². The van der Waals surface area contributed by atoms with Crippen molar-refractivity contribution in [3.05, 3.63) is 97.2 Å². The molecular formula is C54H90NO8+. The summed E-state index contributed by atoms with van der Waals surface area (Å²) in [5.41, 5.74) is 0. The molecule has 0 fully saturated rings. The zero-order valence-corrected chi connectivity index (χ0v) is 40.4. The number of aliphatic carboxylic acids is 1. The molecule has 0 aromatic carbocycles. The summed E-state index contributed by atoms with van der Waals surface area (Å²) >= 11 is 0. The van der Waals surface area contributed by atoms with Crippen LogP contribution >= 0.6 is 0 Å². The molecule has 0 bridgehead atoms. The summed E-state index contributed by atoms with van der Waals surface area (Å²) in [4.78, 5) is 36.8. The standard InChI is InChI=1S/C54H89NO8/c1-6-8-10-12-13-14-15-16-17-18-19-20-21-22-23-24-25-26-27-28-29-30-31-32-33-34-35-36-37-38-39-41-43-45-52(57)63-50(48-61-51(56)44-42-40-11-9-7-2)49-62-54(53(58)59)60-47-46-55(3,4)5/h8,10,13-14,16-17,19-20,22-23,25-26,28-29,31-32,50,54H,6-7,9,11-12,15,18,21,24,27,30,33-49H2,1-5H3/p+1/b10-8-,14-13-,17-16-,20-19-,23-22-,26-25-,29-28-,32-31-. The molecule has 0 spiro atoms. The first-order valence-electron chi connectivity index (χ1n) is 24.4. The highest BCUT2D eigenvalue weighted by Gasteiger charge is 2.25. The van der Waals surface area contributed by atoms with Gasteiger partial charge in [-0.15, -0.1) is 0 Å². The Labute approximate surface area is 384 Å². The fourth-order valence-corrected chi connectivity index (χ4v) is 6.08. The van der Waals surface area contributed by atoms with E-state index in [1.807, 2.05) is 21.1 Å². The number of rotatable bonds is 43. The van der Waals surface area contributed by atoms with Gasteiger partial charge in [0.25, 0.3) is 6.29 Å². The second kappa shape index (κ2) is 44.8. The van der Waals surface area contributed by atoms with Gasteiger partial charge in [-0.2, -0.15) is 0 Å². The fraction of sp³-hybridized carbons (Fsp3) is 0.648. The van der Waals surface area contributed by atoms with E-state index < -0.39 is 24.3 Å². The largest absolute Gasteiger partial charge is 0.477 e. The maximum absolute atomic E-state index is 12.7. The first kappa shape index (κ1) is 59.2. The lowest BCUT2D eigenvalue weighted by Crippen LogP contribution is -2.40. The summed E-state index contributed by atoms with van der Waals surface area (Å²) in [7, 11) is 5.93. The highest BCUT2D eigenvalue weighted by Crippen LogP contribution is 2.13. The number of esters is 2. The lowest BCUT2D eigenvalue weighted by molar-refractivity contribution is -0.870. The molecule has 0 aromatic rings. The Morgan fingerprint density at radius 2 is 0.905 bits per heavy atom. The number of hydrogen-bond acceptors (Lipinski definition) is 7. The van der Waals surface area contributed by atoms with Gasteiger partial charge in [0.15, 0.2) is 6.10 Å². The Balaban J connectivity index is 4.11. The summed E-state index contributed by atoms with van der Waals surface area (Å²) in [5, 5.41) is 9.59. The molecule has 0 aliphatic carbocycles. The van der Waals surface area contributed by atoms with Crippen molar-refractivity contribution in [2.75, 3.05) is 47.5 Å². The molecular weight excluding hydrogens is 791 g/mol. The molecule has 2 atom stereocenters. The second-order valence-corrected chi connectivity index (χ2v) is 17.0. The van der Waals surface area contributed by atoms with E-state index in [0.717, 1.165) is 109 Å². The number of allylic oxidation sites excluding steroid dienone is 16. The highest BCUT2D eigenvalue weighted by atomic mass is 16.7. The monoisotopic (exact) mass is 881 g/mol. The van der Waals surface area contributed by atoms with E-state index in [1.165, 1.54) is 25.7 Å². The van der Waals surface area contributed by atoms with Crippen LogP contribution in [0.4, 0.5) is 0 Å². The maximum atomic E-state index is 12.7. The molecule has 63 heavy (non-hydrogen) atoms. The Bertz CT molecular complexity index is 1350. The minimum Gasteiger partial charge on any atom is -0.477 e.